The van der Waals surface area contributed by atoms with Crippen LogP contribution in [0, 0.1) is 0 Å². The molecular formula is C15H22N2O3. The van der Waals surface area contributed by atoms with Gasteiger partial charge in [-0.15, -0.1) is 0 Å². The minimum Gasteiger partial charge on any atom is -0.454 e. The molecule has 0 saturated carbocycles. The second-order valence-electron chi connectivity index (χ2n) is 5.26. The van der Waals surface area contributed by atoms with Crippen molar-refractivity contribution in [2.45, 2.75) is 25.5 Å². The van der Waals surface area contributed by atoms with Crippen LogP contribution in [0.3, 0.4) is 0 Å². The van der Waals surface area contributed by atoms with Gasteiger partial charge in [0.25, 0.3) is 0 Å². The first-order valence-electron chi connectivity index (χ1n) is 7.27. The van der Waals surface area contributed by atoms with E-state index in [1.165, 1.54) is 5.56 Å². The van der Waals surface area contributed by atoms with Crippen molar-refractivity contribution in [3.05, 3.63) is 23.8 Å². The van der Waals surface area contributed by atoms with E-state index in [4.69, 9.17) is 19.9 Å². The summed E-state index contributed by atoms with van der Waals surface area (Å²) in [5.41, 5.74) is 7.20. The minimum atomic E-state index is 0.211. The van der Waals surface area contributed by atoms with E-state index in [0.29, 0.717) is 19.4 Å². The highest BCUT2D eigenvalue weighted by Gasteiger charge is 2.27. The largest absolute Gasteiger partial charge is 0.454 e. The number of nitrogens with zero attached hydrogens (tertiary/aromatic N) is 1. The third-order valence-electron chi connectivity index (χ3n) is 4.07. The Labute approximate surface area is 119 Å². The van der Waals surface area contributed by atoms with Gasteiger partial charge in [0.15, 0.2) is 11.5 Å². The molecule has 1 aromatic carbocycles. The van der Waals surface area contributed by atoms with Gasteiger partial charge in [0.1, 0.15) is 0 Å². The van der Waals surface area contributed by atoms with Gasteiger partial charge in [-0.3, -0.25) is 4.90 Å². The normalized spacial score (nSPS) is 23.8. The number of ether oxygens (including phenoxy) is 3. The van der Waals surface area contributed by atoms with Crippen molar-refractivity contribution in [3.8, 4) is 11.5 Å². The molecular weight excluding hydrogens is 256 g/mol. The topological polar surface area (TPSA) is 57.0 Å². The van der Waals surface area contributed by atoms with E-state index < -0.39 is 0 Å². The fourth-order valence-corrected chi connectivity index (χ4v) is 2.89. The highest BCUT2D eigenvalue weighted by atomic mass is 16.7. The minimum absolute atomic E-state index is 0.211. The van der Waals surface area contributed by atoms with Crippen molar-refractivity contribution < 1.29 is 14.2 Å². The molecule has 1 aromatic rings. The van der Waals surface area contributed by atoms with Crippen LogP contribution in [-0.4, -0.2) is 44.0 Å². The lowest BCUT2D eigenvalue weighted by molar-refractivity contribution is -0.0437. The van der Waals surface area contributed by atoms with Crippen molar-refractivity contribution in [2.75, 3.05) is 33.0 Å². The number of hydrogen-bond acceptors (Lipinski definition) is 5. The Balaban J connectivity index is 1.78. The van der Waals surface area contributed by atoms with Gasteiger partial charge in [-0.2, -0.15) is 0 Å². The quantitative estimate of drug-likeness (QED) is 0.905. The fraction of sp³-hybridized carbons (Fsp3) is 0.600. The van der Waals surface area contributed by atoms with E-state index in [9.17, 15) is 0 Å². The van der Waals surface area contributed by atoms with Gasteiger partial charge in [-0.05, 0) is 24.1 Å². The molecule has 0 radical (unpaired) electrons. The summed E-state index contributed by atoms with van der Waals surface area (Å²) in [6.07, 6.45) is 1.35. The fourth-order valence-electron chi connectivity index (χ4n) is 2.89. The molecule has 2 heterocycles. The summed E-state index contributed by atoms with van der Waals surface area (Å²) in [7, 11) is 0. The predicted molar refractivity (Wildman–Crippen MR) is 76.0 cm³/mol. The molecule has 20 heavy (non-hydrogen) atoms. The average molecular weight is 278 g/mol. The molecule has 2 unspecified atom stereocenters. The zero-order chi connectivity index (χ0) is 13.9. The van der Waals surface area contributed by atoms with E-state index in [1.54, 1.807) is 0 Å². The molecule has 110 valence electrons. The maximum Gasteiger partial charge on any atom is 0.231 e. The van der Waals surface area contributed by atoms with Crippen LogP contribution in [0.1, 0.15) is 24.9 Å². The molecule has 2 N–H and O–H groups in total. The third-order valence-corrected chi connectivity index (χ3v) is 4.07. The molecule has 0 aromatic heterocycles. The van der Waals surface area contributed by atoms with Crippen LogP contribution in [0.5, 0.6) is 11.5 Å². The lowest BCUT2D eigenvalue weighted by Gasteiger charge is -2.37. The third kappa shape index (κ3) is 2.61. The molecule has 1 fully saturated rings. The van der Waals surface area contributed by atoms with Crippen LogP contribution in [0.4, 0.5) is 0 Å². The molecule has 1 saturated heterocycles. The second kappa shape index (κ2) is 5.99. The Morgan fingerprint density at radius 3 is 3.00 bits per heavy atom. The molecule has 2 aliphatic rings. The summed E-state index contributed by atoms with van der Waals surface area (Å²) in [5.74, 6) is 1.64. The predicted octanol–water partition coefficient (Wildman–Crippen LogP) is 1.53. The monoisotopic (exact) mass is 278 g/mol. The zero-order valence-electron chi connectivity index (χ0n) is 11.9. The zero-order valence-corrected chi connectivity index (χ0v) is 11.9. The summed E-state index contributed by atoms with van der Waals surface area (Å²) in [5, 5.41) is 0. The molecule has 5 nitrogen and oxygen atoms in total. The van der Waals surface area contributed by atoms with Crippen molar-refractivity contribution in [1.29, 1.82) is 0 Å². The lowest BCUT2D eigenvalue weighted by Crippen LogP contribution is -2.45. The first-order valence-corrected chi connectivity index (χ1v) is 7.27. The Bertz CT molecular complexity index is 466. The van der Waals surface area contributed by atoms with Crippen LogP contribution in [-0.2, 0) is 4.74 Å². The summed E-state index contributed by atoms with van der Waals surface area (Å²) < 4.78 is 16.6. The summed E-state index contributed by atoms with van der Waals surface area (Å²) >= 11 is 0. The second-order valence-corrected chi connectivity index (χ2v) is 5.26. The van der Waals surface area contributed by atoms with Gasteiger partial charge in [0.05, 0.1) is 12.7 Å². The lowest BCUT2D eigenvalue weighted by atomic mass is 10.0. The SMILES string of the molecule is CCC1CN(C(CN)c2ccc3c(c2)OCO3)CCO1. The smallest absolute Gasteiger partial charge is 0.231 e. The Kier molecular flexibility index (Phi) is 4.10. The molecule has 3 rings (SSSR count). The highest BCUT2D eigenvalue weighted by molar-refractivity contribution is 5.45. The molecule has 2 aliphatic heterocycles. The van der Waals surface area contributed by atoms with E-state index in [2.05, 4.69) is 24.0 Å². The summed E-state index contributed by atoms with van der Waals surface area (Å²) in [6.45, 7) is 5.70. The van der Waals surface area contributed by atoms with E-state index in [-0.39, 0.29) is 6.04 Å². The van der Waals surface area contributed by atoms with Gasteiger partial charge in [-0.25, -0.2) is 0 Å². The van der Waals surface area contributed by atoms with Crippen molar-refractivity contribution >= 4 is 0 Å². The number of benzene rings is 1. The van der Waals surface area contributed by atoms with Crippen molar-refractivity contribution in [3.63, 3.8) is 0 Å². The van der Waals surface area contributed by atoms with Gasteiger partial charge >= 0.3 is 0 Å². The number of rotatable bonds is 4. The van der Waals surface area contributed by atoms with Crippen LogP contribution in [0.25, 0.3) is 0 Å². The Morgan fingerprint density at radius 1 is 1.35 bits per heavy atom. The average Bonchev–Trinajstić information content (AvgIpc) is 2.96. The van der Waals surface area contributed by atoms with E-state index >= 15 is 0 Å². The van der Waals surface area contributed by atoms with Gasteiger partial charge in [0.2, 0.25) is 6.79 Å². The Hall–Kier alpha value is -1.30. The maximum atomic E-state index is 6.01. The Morgan fingerprint density at radius 2 is 2.20 bits per heavy atom. The standard InChI is InChI=1S/C15H22N2O3/c1-2-12-9-17(5-6-18-12)13(8-16)11-3-4-14-15(7-11)20-10-19-14/h3-4,7,12-13H,2,5-6,8-10,16H2,1H3. The van der Waals surface area contributed by atoms with Crippen LogP contribution in [0.15, 0.2) is 18.2 Å². The maximum absolute atomic E-state index is 6.01. The first-order chi connectivity index (χ1) is 9.81. The highest BCUT2D eigenvalue weighted by Crippen LogP contribution is 2.35. The van der Waals surface area contributed by atoms with Crippen LogP contribution >= 0.6 is 0 Å². The first kappa shape index (κ1) is 13.7. The van der Waals surface area contributed by atoms with Crippen molar-refractivity contribution in [1.82, 2.24) is 4.90 Å². The van der Waals surface area contributed by atoms with Gasteiger partial charge in [-0.1, -0.05) is 13.0 Å². The number of nitrogens with two attached hydrogens (primary N) is 1. The van der Waals surface area contributed by atoms with E-state index in [1.807, 2.05) is 6.07 Å². The summed E-state index contributed by atoms with van der Waals surface area (Å²) in [4.78, 5) is 2.41. The van der Waals surface area contributed by atoms with Crippen LogP contribution < -0.4 is 15.2 Å². The number of morpholine rings is 1. The summed E-state index contributed by atoms with van der Waals surface area (Å²) in [6, 6.07) is 6.32. The molecule has 0 amide bonds. The van der Waals surface area contributed by atoms with E-state index in [0.717, 1.165) is 37.6 Å². The number of fused-ring (bicyclic) bond motifs is 1. The molecule has 2 atom stereocenters. The number of hydrogen-bond donors (Lipinski definition) is 1. The van der Waals surface area contributed by atoms with Crippen molar-refractivity contribution in [2.24, 2.45) is 5.73 Å². The molecule has 0 aliphatic carbocycles. The molecule has 0 bridgehead atoms. The van der Waals surface area contributed by atoms with Gasteiger partial charge in [0, 0.05) is 25.7 Å². The molecule has 5 heteroatoms. The van der Waals surface area contributed by atoms with Crippen LogP contribution in [0.2, 0.25) is 0 Å². The van der Waals surface area contributed by atoms with Gasteiger partial charge < -0.3 is 19.9 Å². The molecule has 0 spiro atoms.